The van der Waals surface area contributed by atoms with Crippen molar-refractivity contribution in [2.45, 2.75) is 47.1 Å². The van der Waals surface area contributed by atoms with Crippen LogP contribution < -0.4 is 5.73 Å². The maximum Gasteiger partial charge on any atom is 0.0237 e. The first kappa shape index (κ1) is 15.3. The molecule has 0 aromatic carbocycles. The van der Waals surface area contributed by atoms with E-state index >= 15 is 0 Å². The van der Waals surface area contributed by atoms with Gasteiger partial charge in [-0.15, -0.1) is 0 Å². The molecule has 0 aromatic heterocycles. The lowest BCUT2D eigenvalue weighted by Crippen LogP contribution is -2.52. The normalized spacial score (nSPS) is 25.2. The number of hydrogen-bond acceptors (Lipinski definition) is 3. The first-order valence-electron chi connectivity index (χ1n) is 6.84. The van der Waals surface area contributed by atoms with Gasteiger partial charge in [-0.25, -0.2) is 0 Å². The first-order valence-corrected chi connectivity index (χ1v) is 8.00. The van der Waals surface area contributed by atoms with Crippen molar-refractivity contribution in [3.05, 3.63) is 0 Å². The van der Waals surface area contributed by atoms with E-state index in [2.05, 4.69) is 51.3 Å². The van der Waals surface area contributed by atoms with Gasteiger partial charge in [0, 0.05) is 18.3 Å². The van der Waals surface area contributed by atoms with Crippen LogP contribution in [-0.2, 0) is 0 Å². The summed E-state index contributed by atoms with van der Waals surface area (Å²) < 4.78 is 0. The molecule has 1 aliphatic heterocycles. The van der Waals surface area contributed by atoms with Crippen molar-refractivity contribution in [1.82, 2.24) is 4.90 Å². The number of hydrogen-bond donors (Lipinski definition) is 1. The molecule has 1 saturated heterocycles. The summed E-state index contributed by atoms with van der Waals surface area (Å²) in [5.41, 5.74) is 6.56. The lowest BCUT2D eigenvalue weighted by atomic mass is 9.80. The van der Waals surface area contributed by atoms with Gasteiger partial charge in [0.25, 0.3) is 0 Å². The molecule has 1 unspecified atom stereocenters. The van der Waals surface area contributed by atoms with E-state index in [1.54, 1.807) is 0 Å². The van der Waals surface area contributed by atoms with Gasteiger partial charge >= 0.3 is 0 Å². The third kappa shape index (κ3) is 4.15. The highest BCUT2D eigenvalue weighted by atomic mass is 32.2. The van der Waals surface area contributed by atoms with Gasteiger partial charge < -0.3 is 5.73 Å². The van der Waals surface area contributed by atoms with E-state index in [0.717, 1.165) is 19.6 Å². The SMILES string of the molecule is CCN(CC(C)(C)CN)C1CSCCC1(C)C. The smallest absolute Gasteiger partial charge is 0.0237 e. The van der Waals surface area contributed by atoms with Gasteiger partial charge in [0.2, 0.25) is 0 Å². The van der Waals surface area contributed by atoms with Crippen LogP contribution in [0.2, 0.25) is 0 Å². The van der Waals surface area contributed by atoms with Crippen molar-refractivity contribution < 1.29 is 0 Å². The third-order valence-electron chi connectivity index (χ3n) is 4.10. The standard InChI is InChI=1S/C14H30N2S/c1-6-16(11-13(2,3)10-15)12-9-17-8-7-14(12,4)5/h12H,6-11,15H2,1-5H3. The minimum atomic E-state index is 0.230. The molecule has 2 nitrogen and oxygen atoms in total. The molecule has 1 aliphatic rings. The van der Waals surface area contributed by atoms with Crippen molar-refractivity contribution in [2.75, 3.05) is 31.1 Å². The monoisotopic (exact) mass is 258 g/mol. The summed E-state index contributed by atoms with van der Waals surface area (Å²) in [6.45, 7) is 14.7. The number of thioether (sulfide) groups is 1. The molecular weight excluding hydrogens is 228 g/mol. The lowest BCUT2D eigenvalue weighted by molar-refractivity contribution is 0.0691. The average Bonchev–Trinajstić information content (AvgIpc) is 2.26. The summed E-state index contributed by atoms with van der Waals surface area (Å²) in [7, 11) is 0. The van der Waals surface area contributed by atoms with Gasteiger partial charge in [-0.05, 0) is 36.1 Å². The van der Waals surface area contributed by atoms with Gasteiger partial charge in [0.15, 0.2) is 0 Å². The molecule has 3 heteroatoms. The van der Waals surface area contributed by atoms with Crippen LogP contribution in [0, 0.1) is 10.8 Å². The fraction of sp³-hybridized carbons (Fsp3) is 1.00. The van der Waals surface area contributed by atoms with E-state index in [1.807, 2.05) is 0 Å². The number of nitrogens with zero attached hydrogens (tertiary/aromatic N) is 1. The Hall–Kier alpha value is 0.270. The Morgan fingerprint density at radius 2 is 2.06 bits per heavy atom. The second-order valence-electron chi connectivity index (χ2n) is 6.76. The van der Waals surface area contributed by atoms with E-state index < -0.39 is 0 Å². The summed E-state index contributed by atoms with van der Waals surface area (Å²) in [5, 5.41) is 0. The zero-order valence-electron chi connectivity index (χ0n) is 12.3. The van der Waals surface area contributed by atoms with E-state index in [1.165, 1.54) is 17.9 Å². The minimum absolute atomic E-state index is 0.230. The second-order valence-corrected chi connectivity index (χ2v) is 7.91. The molecule has 1 atom stereocenters. The Morgan fingerprint density at radius 3 is 2.53 bits per heavy atom. The van der Waals surface area contributed by atoms with Crippen LogP contribution in [0.4, 0.5) is 0 Å². The molecule has 0 aliphatic carbocycles. The topological polar surface area (TPSA) is 29.3 Å². The maximum atomic E-state index is 5.87. The summed E-state index contributed by atoms with van der Waals surface area (Å²) >= 11 is 2.11. The highest BCUT2D eigenvalue weighted by Crippen LogP contribution is 2.38. The van der Waals surface area contributed by atoms with E-state index in [-0.39, 0.29) is 5.41 Å². The Labute approximate surface area is 112 Å². The summed E-state index contributed by atoms with van der Waals surface area (Å²) in [4.78, 5) is 2.65. The fourth-order valence-corrected chi connectivity index (χ4v) is 4.30. The van der Waals surface area contributed by atoms with Crippen LogP contribution in [0.1, 0.15) is 41.0 Å². The maximum absolute atomic E-state index is 5.87. The quantitative estimate of drug-likeness (QED) is 0.822. The Morgan fingerprint density at radius 1 is 1.41 bits per heavy atom. The summed E-state index contributed by atoms with van der Waals surface area (Å²) in [6, 6.07) is 0.706. The number of nitrogens with two attached hydrogens (primary N) is 1. The second kappa shape index (κ2) is 5.94. The molecule has 17 heavy (non-hydrogen) atoms. The van der Waals surface area contributed by atoms with Crippen molar-refractivity contribution in [3.8, 4) is 0 Å². The molecule has 2 N–H and O–H groups in total. The molecule has 0 bridgehead atoms. The van der Waals surface area contributed by atoms with Gasteiger partial charge in [-0.2, -0.15) is 11.8 Å². The molecule has 0 amide bonds. The molecule has 0 aromatic rings. The first-order chi connectivity index (χ1) is 7.82. The molecule has 102 valence electrons. The van der Waals surface area contributed by atoms with Gasteiger partial charge in [0.1, 0.15) is 0 Å². The Balaban J connectivity index is 2.72. The highest BCUT2D eigenvalue weighted by molar-refractivity contribution is 7.99. The van der Waals surface area contributed by atoms with Crippen molar-refractivity contribution in [1.29, 1.82) is 0 Å². The molecule has 0 radical (unpaired) electrons. The van der Waals surface area contributed by atoms with Gasteiger partial charge in [-0.1, -0.05) is 34.6 Å². The number of rotatable bonds is 5. The Kier molecular flexibility index (Phi) is 5.36. The van der Waals surface area contributed by atoms with Crippen LogP contribution in [-0.4, -0.2) is 42.1 Å². The lowest BCUT2D eigenvalue weighted by Gasteiger charge is -2.47. The van der Waals surface area contributed by atoms with Crippen LogP contribution in [0.25, 0.3) is 0 Å². The summed E-state index contributed by atoms with van der Waals surface area (Å²) in [5.74, 6) is 2.60. The Bertz CT molecular complexity index is 238. The molecule has 1 fully saturated rings. The van der Waals surface area contributed by atoms with Crippen LogP contribution in [0.5, 0.6) is 0 Å². The molecule has 0 saturated carbocycles. The minimum Gasteiger partial charge on any atom is -0.330 e. The molecular formula is C14H30N2S. The largest absolute Gasteiger partial charge is 0.330 e. The van der Waals surface area contributed by atoms with Gasteiger partial charge in [-0.3, -0.25) is 4.90 Å². The molecule has 1 rings (SSSR count). The summed E-state index contributed by atoms with van der Waals surface area (Å²) in [6.07, 6.45) is 1.34. The van der Waals surface area contributed by atoms with Crippen LogP contribution >= 0.6 is 11.8 Å². The van der Waals surface area contributed by atoms with Crippen molar-refractivity contribution in [3.63, 3.8) is 0 Å². The highest BCUT2D eigenvalue weighted by Gasteiger charge is 2.37. The molecule has 1 heterocycles. The van der Waals surface area contributed by atoms with Gasteiger partial charge in [0.05, 0.1) is 0 Å². The van der Waals surface area contributed by atoms with Crippen LogP contribution in [0.3, 0.4) is 0 Å². The zero-order valence-corrected chi connectivity index (χ0v) is 13.1. The average molecular weight is 258 g/mol. The fourth-order valence-electron chi connectivity index (χ4n) is 2.58. The third-order valence-corrected chi connectivity index (χ3v) is 5.14. The van der Waals surface area contributed by atoms with E-state index in [9.17, 15) is 0 Å². The zero-order chi connectivity index (χ0) is 13.1. The predicted octanol–water partition coefficient (Wildman–Crippen LogP) is 2.82. The van der Waals surface area contributed by atoms with E-state index in [4.69, 9.17) is 5.73 Å². The van der Waals surface area contributed by atoms with Crippen molar-refractivity contribution >= 4 is 11.8 Å². The molecule has 0 spiro atoms. The van der Waals surface area contributed by atoms with Crippen LogP contribution in [0.15, 0.2) is 0 Å². The van der Waals surface area contributed by atoms with E-state index in [0.29, 0.717) is 11.5 Å². The van der Waals surface area contributed by atoms with Crippen molar-refractivity contribution in [2.24, 2.45) is 16.6 Å². The predicted molar refractivity (Wildman–Crippen MR) is 79.6 cm³/mol.